The van der Waals surface area contributed by atoms with E-state index in [0.717, 1.165) is 11.3 Å². The maximum absolute atomic E-state index is 13.5. The standard InChI is InChI=1S/C16H14FNO2/c17-13-6-2-3-7-14(13)18-16(19)12-9-11-5-1-4-8-15(11)20-10-12/h1-8,12H,9-10H2,(H,18,19)/t12-/m0/s1. The van der Waals surface area contributed by atoms with Crippen LogP contribution in [0.4, 0.5) is 10.1 Å². The molecule has 1 atom stereocenters. The minimum atomic E-state index is -0.432. The molecular weight excluding hydrogens is 257 g/mol. The number of nitrogens with one attached hydrogen (secondary N) is 1. The second-order valence-corrected chi connectivity index (χ2v) is 4.79. The number of amides is 1. The molecule has 4 heteroatoms. The van der Waals surface area contributed by atoms with Crippen LogP contribution in [0.1, 0.15) is 5.56 Å². The molecule has 2 aromatic rings. The van der Waals surface area contributed by atoms with Crippen molar-refractivity contribution in [2.45, 2.75) is 6.42 Å². The van der Waals surface area contributed by atoms with Gasteiger partial charge in [0.05, 0.1) is 11.6 Å². The van der Waals surface area contributed by atoms with Gasteiger partial charge in [-0.2, -0.15) is 0 Å². The molecule has 1 amide bonds. The van der Waals surface area contributed by atoms with Crippen LogP contribution in [0.25, 0.3) is 0 Å². The quantitative estimate of drug-likeness (QED) is 0.911. The summed E-state index contributed by atoms with van der Waals surface area (Å²) < 4.78 is 19.1. The van der Waals surface area contributed by atoms with E-state index in [1.807, 2.05) is 24.3 Å². The number of anilines is 1. The molecule has 0 aromatic heterocycles. The van der Waals surface area contributed by atoms with Crippen LogP contribution in [0.2, 0.25) is 0 Å². The van der Waals surface area contributed by atoms with Gasteiger partial charge < -0.3 is 10.1 Å². The van der Waals surface area contributed by atoms with Crippen molar-refractivity contribution in [3.63, 3.8) is 0 Å². The van der Waals surface area contributed by atoms with Crippen molar-refractivity contribution >= 4 is 11.6 Å². The predicted molar refractivity (Wildman–Crippen MR) is 74.2 cm³/mol. The fourth-order valence-electron chi connectivity index (χ4n) is 2.29. The molecule has 0 radical (unpaired) electrons. The summed E-state index contributed by atoms with van der Waals surface area (Å²) in [6.07, 6.45) is 0.608. The number of ether oxygens (including phenoxy) is 1. The summed E-state index contributed by atoms with van der Waals surface area (Å²) >= 11 is 0. The second kappa shape index (κ2) is 5.33. The van der Waals surface area contributed by atoms with Gasteiger partial charge in [-0.1, -0.05) is 30.3 Å². The lowest BCUT2D eigenvalue weighted by Gasteiger charge is -2.24. The van der Waals surface area contributed by atoms with E-state index in [9.17, 15) is 9.18 Å². The highest BCUT2D eigenvalue weighted by Gasteiger charge is 2.26. The van der Waals surface area contributed by atoms with Crippen LogP contribution in [0, 0.1) is 11.7 Å². The van der Waals surface area contributed by atoms with Crippen LogP contribution in [-0.2, 0) is 11.2 Å². The van der Waals surface area contributed by atoms with E-state index in [1.54, 1.807) is 18.2 Å². The number of hydrogen-bond acceptors (Lipinski definition) is 2. The monoisotopic (exact) mass is 271 g/mol. The average molecular weight is 271 g/mol. The zero-order valence-electron chi connectivity index (χ0n) is 10.8. The summed E-state index contributed by atoms with van der Waals surface area (Å²) in [6, 6.07) is 13.8. The maximum atomic E-state index is 13.5. The predicted octanol–water partition coefficient (Wildman–Crippen LogP) is 3.02. The highest BCUT2D eigenvalue weighted by molar-refractivity contribution is 5.93. The van der Waals surface area contributed by atoms with Crippen LogP contribution < -0.4 is 10.1 Å². The molecule has 2 aromatic carbocycles. The Hall–Kier alpha value is -2.36. The molecule has 1 aliphatic heterocycles. The van der Waals surface area contributed by atoms with Gasteiger partial charge in [-0.15, -0.1) is 0 Å². The smallest absolute Gasteiger partial charge is 0.231 e. The Morgan fingerprint density at radius 1 is 1.15 bits per heavy atom. The van der Waals surface area contributed by atoms with Crippen LogP contribution >= 0.6 is 0 Å². The van der Waals surface area contributed by atoms with E-state index in [4.69, 9.17) is 4.74 Å². The average Bonchev–Trinajstić information content (AvgIpc) is 2.49. The first-order chi connectivity index (χ1) is 9.74. The fraction of sp³-hybridized carbons (Fsp3) is 0.188. The molecule has 3 rings (SSSR count). The Morgan fingerprint density at radius 3 is 2.75 bits per heavy atom. The van der Waals surface area contributed by atoms with Crippen molar-refractivity contribution in [1.82, 2.24) is 0 Å². The van der Waals surface area contributed by atoms with Gasteiger partial charge in [0.1, 0.15) is 18.2 Å². The van der Waals surface area contributed by atoms with Gasteiger partial charge in [0.2, 0.25) is 5.91 Å². The van der Waals surface area contributed by atoms with E-state index in [1.165, 1.54) is 6.07 Å². The third kappa shape index (κ3) is 2.50. The van der Waals surface area contributed by atoms with Gasteiger partial charge in [0.15, 0.2) is 0 Å². The van der Waals surface area contributed by atoms with Gasteiger partial charge in [0, 0.05) is 0 Å². The Morgan fingerprint density at radius 2 is 1.90 bits per heavy atom. The highest BCUT2D eigenvalue weighted by Crippen LogP contribution is 2.27. The molecule has 1 heterocycles. The molecule has 3 nitrogen and oxygen atoms in total. The Balaban J connectivity index is 1.72. The number of para-hydroxylation sites is 2. The van der Waals surface area contributed by atoms with Crippen molar-refractivity contribution in [2.24, 2.45) is 5.92 Å². The van der Waals surface area contributed by atoms with Crippen molar-refractivity contribution in [2.75, 3.05) is 11.9 Å². The van der Waals surface area contributed by atoms with Gasteiger partial charge in [-0.05, 0) is 30.2 Å². The summed E-state index contributed by atoms with van der Waals surface area (Å²) in [6.45, 7) is 0.317. The first-order valence-electron chi connectivity index (χ1n) is 6.50. The van der Waals surface area contributed by atoms with Gasteiger partial charge in [-0.3, -0.25) is 4.79 Å². The topological polar surface area (TPSA) is 38.3 Å². The fourth-order valence-corrected chi connectivity index (χ4v) is 2.29. The summed E-state index contributed by atoms with van der Waals surface area (Å²) in [5, 5.41) is 2.62. The van der Waals surface area contributed by atoms with Crippen LogP contribution in [0.5, 0.6) is 5.75 Å². The first-order valence-corrected chi connectivity index (χ1v) is 6.50. The lowest BCUT2D eigenvalue weighted by atomic mass is 9.96. The third-order valence-corrected chi connectivity index (χ3v) is 3.38. The largest absolute Gasteiger partial charge is 0.492 e. The molecule has 0 fully saturated rings. The summed E-state index contributed by atoms with van der Waals surface area (Å²) in [4.78, 5) is 12.2. The van der Waals surface area contributed by atoms with E-state index in [0.29, 0.717) is 13.0 Å². The number of fused-ring (bicyclic) bond motifs is 1. The second-order valence-electron chi connectivity index (χ2n) is 4.79. The molecule has 0 aliphatic carbocycles. The molecule has 0 unspecified atom stereocenters. The van der Waals surface area contributed by atoms with E-state index >= 15 is 0 Å². The van der Waals surface area contributed by atoms with Crippen molar-refractivity contribution in [3.05, 3.63) is 59.9 Å². The number of carbonyl (C=O) groups is 1. The molecule has 20 heavy (non-hydrogen) atoms. The number of benzene rings is 2. The zero-order chi connectivity index (χ0) is 13.9. The Kier molecular flexibility index (Phi) is 3.37. The minimum absolute atomic E-state index is 0.205. The molecule has 0 bridgehead atoms. The van der Waals surface area contributed by atoms with Crippen molar-refractivity contribution in [1.29, 1.82) is 0 Å². The minimum Gasteiger partial charge on any atom is -0.492 e. The van der Waals surface area contributed by atoms with E-state index < -0.39 is 5.82 Å². The van der Waals surface area contributed by atoms with Crippen LogP contribution in [-0.4, -0.2) is 12.5 Å². The highest BCUT2D eigenvalue weighted by atomic mass is 19.1. The molecule has 0 saturated carbocycles. The van der Waals surface area contributed by atoms with Gasteiger partial charge in [-0.25, -0.2) is 4.39 Å². The van der Waals surface area contributed by atoms with Crippen LogP contribution in [0.3, 0.4) is 0 Å². The Bertz CT molecular complexity index is 642. The molecule has 1 aliphatic rings. The molecular formula is C16H14FNO2. The van der Waals surface area contributed by atoms with Gasteiger partial charge in [0.25, 0.3) is 0 Å². The van der Waals surface area contributed by atoms with Crippen LogP contribution in [0.15, 0.2) is 48.5 Å². The number of halogens is 1. The third-order valence-electron chi connectivity index (χ3n) is 3.38. The summed E-state index contributed by atoms with van der Waals surface area (Å²) in [5.74, 6) is -0.130. The lowest BCUT2D eigenvalue weighted by molar-refractivity contribution is -0.121. The lowest BCUT2D eigenvalue weighted by Crippen LogP contribution is -2.32. The normalized spacial score (nSPS) is 16.9. The molecule has 102 valence electrons. The van der Waals surface area contributed by atoms with E-state index in [2.05, 4.69) is 5.32 Å². The zero-order valence-corrected chi connectivity index (χ0v) is 10.8. The van der Waals surface area contributed by atoms with Gasteiger partial charge >= 0.3 is 0 Å². The van der Waals surface area contributed by atoms with Crippen molar-refractivity contribution in [3.8, 4) is 5.75 Å². The van der Waals surface area contributed by atoms with E-state index in [-0.39, 0.29) is 17.5 Å². The summed E-state index contributed by atoms with van der Waals surface area (Å²) in [5.41, 5.74) is 1.21. The summed E-state index contributed by atoms with van der Waals surface area (Å²) in [7, 11) is 0. The molecule has 1 N–H and O–H groups in total. The Labute approximate surface area is 116 Å². The SMILES string of the molecule is O=C(Nc1ccccc1F)[C@@H]1COc2ccccc2C1. The molecule has 0 saturated heterocycles. The first kappa shape index (κ1) is 12.7. The van der Waals surface area contributed by atoms with Crippen molar-refractivity contribution < 1.29 is 13.9 Å². The number of hydrogen-bond donors (Lipinski definition) is 1. The number of rotatable bonds is 2. The molecule has 0 spiro atoms. The number of carbonyl (C=O) groups excluding carboxylic acids is 1. The maximum Gasteiger partial charge on any atom is 0.231 e.